The highest BCUT2D eigenvalue weighted by Gasteiger charge is 2.14. The van der Waals surface area contributed by atoms with Gasteiger partial charge in [0.15, 0.2) is 0 Å². The molecule has 0 radical (unpaired) electrons. The van der Waals surface area contributed by atoms with Crippen LogP contribution in [0.5, 0.6) is 0 Å². The Morgan fingerprint density at radius 1 is 1.42 bits per heavy atom. The van der Waals surface area contributed by atoms with Gasteiger partial charge in [-0.2, -0.15) is 0 Å². The Hall–Kier alpha value is -1.36. The molecule has 1 heterocycles. The molecule has 0 aliphatic rings. The zero-order valence-corrected chi connectivity index (χ0v) is 12.1. The Balaban J connectivity index is 2.75. The third kappa shape index (κ3) is 5.03. The van der Waals surface area contributed by atoms with Crippen molar-refractivity contribution in [1.29, 1.82) is 0 Å². The molecule has 1 N–H and O–H groups in total. The molecule has 19 heavy (non-hydrogen) atoms. The summed E-state index contributed by atoms with van der Waals surface area (Å²) >= 11 is 6.02. The number of aromatic nitrogens is 1. The lowest BCUT2D eigenvalue weighted by atomic mass is 10.1. The minimum Gasteiger partial charge on any atom is -0.366 e. The third-order valence-corrected chi connectivity index (χ3v) is 3.21. The topological polar surface area (TPSA) is 68.1 Å². The Labute approximate surface area is 118 Å². The SMILES string of the molecule is CCCCC(CCC)Nc1ncc([N+](=O)[O-])cc1Cl. The van der Waals surface area contributed by atoms with Crippen molar-refractivity contribution in [2.75, 3.05) is 5.32 Å². The highest BCUT2D eigenvalue weighted by Crippen LogP contribution is 2.25. The van der Waals surface area contributed by atoms with E-state index in [1.807, 2.05) is 0 Å². The number of pyridine rings is 1. The van der Waals surface area contributed by atoms with Crippen LogP contribution in [0.1, 0.15) is 46.0 Å². The predicted octanol–water partition coefficient (Wildman–Crippen LogP) is 4.41. The quantitative estimate of drug-likeness (QED) is 0.567. The van der Waals surface area contributed by atoms with Gasteiger partial charge in [0.25, 0.3) is 5.69 Å². The number of nitrogens with one attached hydrogen (secondary N) is 1. The first-order chi connectivity index (χ1) is 9.08. The van der Waals surface area contributed by atoms with Crippen LogP contribution in [0.25, 0.3) is 0 Å². The number of unbranched alkanes of at least 4 members (excludes halogenated alkanes) is 1. The molecule has 0 aliphatic carbocycles. The van der Waals surface area contributed by atoms with Gasteiger partial charge in [-0.3, -0.25) is 10.1 Å². The van der Waals surface area contributed by atoms with E-state index in [4.69, 9.17) is 11.6 Å². The van der Waals surface area contributed by atoms with Gasteiger partial charge in [-0.1, -0.05) is 44.7 Å². The Morgan fingerprint density at radius 2 is 2.16 bits per heavy atom. The molecular formula is C13H20ClN3O2. The van der Waals surface area contributed by atoms with E-state index in [-0.39, 0.29) is 5.69 Å². The number of nitrogens with zero attached hydrogens (tertiary/aromatic N) is 2. The average molecular weight is 286 g/mol. The van der Waals surface area contributed by atoms with Crippen molar-refractivity contribution in [3.05, 3.63) is 27.4 Å². The number of nitro groups is 1. The fraction of sp³-hybridized carbons (Fsp3) is 0.615. The van der Waals surface area contributed by atoms with Gasteiger partial charge < -0.3 is 5.32 Å². The smallest absolute Gasteiger partial charge is 0.289 e. The Morgan fingerprint density at radius 3 is 2.68 bits per heavy atom. The van der Waals surface area contributed by atoms with E-state index in [0.717, 1.165) is 32.1 Å². The van der Waals surface area contributed by atoms with Crippen molar-refractivity contribution < 1.29 is 4.92 Å². The fourth-order valence-electron chi connectivity index (χ4n) is 1.91. The second-order valence-electron chi connectivity index (χ2n) is 4.55. The van der Waals surface area contributed by atoms with Crippen molar-refractivity contribution in [3.63, 3.8) is 0 Å². The monoisotopic (exact) mass is 285 g/mol. The summed E-state index contributed by atoms with van der Waals surface area (Å²) < 4.78 is 0. The molecule has 1 aromatic heterocycles. The summed E-state index contributed by atoms with van der Waals surface area (Å²) in [6, 6.07) is 1.65. The Bertz CT molecular complexity index is 426. The average Bonchev–Trinajstić information content (AvgIpc) is 2.38. The molecule has 1 atom stereocenters. The maximum absolute atomic E-state index is 10.6. The molecule has 0 bridgehead atoms. The lowest BCUT2D eigenvalue weighted by Crippen LogP contribution is -2.20. The molecule has 1 rings (SSSR count). The van der Waals surface area contributed by atoms with Crippen molar-refractivity contribution in [2.45, 2.75) is 52.0 Å². The first kappa shape index (κ1) is 15.7. The van der Waals surface area contributed by atoms with Crippen LogP contribution in [-0.4, -0.2) is 15.9 Å². The van der Waals surface area contributed by atoms with Crippen LogP contribution in [0.4, 0.5) is 11.5 Å². The van der Waals surface area contributed by atoms with Gasteiger partial charge in [0.2, 0.25) is 0 Å². The molecule has 0 aromatic carbocycles. The van der Waals surface area contributed by atoms with E-state index in [2.05, 4.69) is 24.1 Å². The van der Waals surface area contributed by atoms with Gasteiger partial charge in [0.05, 0.1) is 9.95 Å². The van der Waals surface area contributed by atoms with Crippen LogP contribution in [0.3, 0.4) is 0 Å². The van der Waals surface area contributed by atoms with E-state index in [9.17, 15) is 10.1 Å². The first-order valence-electron chi connectivity index (χ1n) is 6.64. The molecule has 6 heteroatoms. The highest BCUT2D eigenvalue weighted by molar-refractivity contribution is 6.33. The third-order valence-electron chi connectivity index (χ3n) is 2.92. The van der Waals surface area contributed by atoms with Crippen LogP contribution in [0.15, 0.2) is 12.3 Å². The van der Waals surface area contributed by atoms with Crippen LogP contribution >= 0.6 is 11.6 Å². The molecule has 0 aliphatic heterocycles. The highest BCUT2D eigenvalue weighted by atomic mass is 35.5. The van der Waals surface area contributed by atoms with Crippen molar-refractivity contribution in [1.82, 2.24) is 4.98 Å². The first-order valence-corrected chi connectivity index (χ1v) is 7.02. The summed E-state index contributed by atoms with van der Waals surface area (Å²) in [7, 11) is 0. The maximum atomic E-state index is 10.6. The number of anilines is 1. The van der Waals surface area contributed by atoms with E-state index in [1.165, 1.54) is 12.3 Å². The standard InChI is InChI=1S/C13H20ClN3O2/c1-3-5-7-10(6-4-2)16-13-12(14)8-11(9-15-13)17(18)19/h8-10H,3-7H2,1-2H3,(H,15,16). The molecule has 1 aromatic rings. The van der Waals surface area contributed by atoms with Crippen LogP contribution < -0.4 is 5.32 Å². The lowest BCUT2D eigenvalue weighted by Gasteiger charge is -2.19. The van der Waals surface area contributed by atoms with Gasteiger partial charge in [0.1, 0.15) is 12.0 Å². The van der Waals surface area contributed by atoms with Crippen LogP contribution in [-0.2, 0) is 0 Å². The van der Waals surface area contributed by atoms with Gasteiger partial charge in [-0.05, 0) is 12.8 Å². The van der Waals surface area contributed by atoms with E-state index in [1.54, 1.807) is 0 Å². The van der Waals surface area contributed by atoms with Crippen molar-refractivity contribution >= 4 is 23.1 Å². The Kier molecular flexibility index (Phi) is 6.56. The molecule has 106 valence electrons. The van der Waals surface area contributed by atoms with Crippen molar-refractivity contribution in [3.8, 4) is 0 Å². The molecule has 0 spiro atoms. The molecular weight excluding hydrogens is 266 g/mol. The molecule has 0 fully saturated rings. The summed E-state index contributed by atoms with van der Waals surface area (Å²) in [5.41, 5.74) is -0.0869. The van der Waals surface area contributed by atoms with Crippen molar-refractivity contribution in [2.24, 2.45) is 0 Å². The summed E-state index contributed by atoms with van der Waals surface area (Å²) in [6.45, 7) is 4.28. The number of halogens is 1. The molecule has 0 saturated heterocycles. The molecule has 1 unspecified atom stereocenters. The summed E-state index contributed by atoms with van der Waals surface area (Å²) in [5.74, 6) is 0.529. The van der Waals surface area contributed by atoms with E-state index < -0.39 is 4.92 Å². The lowest BCUT2D eigenvalue weighted by molar-refractivity contribution is -0.385. The van der Waals surface area contributed by atoms with E-state index in [0.29, 0.717) is 16.9 Å². The minimum absolute atomic E-state index is 0.0869. The van der Waals surface area contributed by atoms with Gasteiger partial charge in [-0.25, -0.2) is 4.98 Å². The summed E-state index contributed by atoms with van der Waals surface area (Å²) in [4.78, 5) is 14.2. The second kappa shape index (κ2) is 7.94. The maximum Gasteiger partial charge on any atom is 0.289 e. The van der Waals surface area contributed by atoms with Gasteiger partial charge >= 0.3 is 0 Å². The normalized spacial score (nSPS) is 12.2. The minimum atomic E-state index is -0.497. The van der Waals surface area contributed by atoms with Crippen LogP contribution in [0.2, 0.25) is 5.02 Å². The largest absolute Gasteiger partial charge is 0.366 e. The van der Waals surface area contributed by atoms with Crippen LogP contribution in [0, 0.1) is 10.1 Å². The second-order valence-corrected chi connectivity index (χ2v) is 4.96. The zero-order valence-electron chi connectivity index (χ0n) is 11.4. The van der Waals surface area contributed by atoms with Gasteiger partial charge in [-0.15, -0.1) is 0 Å². The number of rotatable bonds is 8. The number of hydrogen-bond donors (Lipinski definition) is 1. The predicted molar refractivity (Wildman–Crippen MR) is 77.7 cm³/mol. The number of hydrogen-bond acceptors (Lipinski definition) is 4. The zero-order chi connectivity index (χ0) is 14.3. The van der Waals surface area contributed by atoms with Gasteiger partial charge in [0, 0.05) is 12.1 Å². The summed E-state index contributed by atoms with van der Waals surface area (Å²) in [6.07, 6.45) is 6.68. The fourth-order valence-corrected chi connectivity index (χ4v) is 2.13. The molecule has 0 amide bonds. The molecule has 5 nitrogen and oxygen atoms in total. The van der Waals surface area contributed by atoms with E-state index >= 15 is 0 Å². The summed E-state index contributed by atoms with van der Waals surface area (Å²) in [5, 5.41) is 14.2. The molecule has 0 saturated carbocycles.